The first kappa shape index (κ1) is 17.6. The van der Waals surface area contributed by atoms with Crippen molar-refractivity contribution in [2.45, 2.75) is 44.7 Å². The van der Waals surface area contributed by atoms with E-state index in [2.05, 4.69) is 41.5 Å². The third-order valence-electron chi connectivity index (χ3n) is 4.71. The molecule has 1 N–H and O–H groups in total. The zero-order valence-electron chi connectivity index (χ0n) is 13.6. The van der Waals surface area contributed by atoms with Gasteiger partial charge < -0.3 is 10.1 Å². The molecule has 1 unspecified atom stereocenters. The molecular formula is C18H29ClN2O. The van der Waals surface area contributed by atoms with Crippen molar-refractivity contribution < 1.29 is 4.74 Å². The molecule has 1 aliphatic carbocycles. The van der Waals surface area contributed by atoms with Crippen LogP contribution in [0, 0.1) is 5.92 Å². The summed E-state index contributed by atoms with van der Waals surface area (Å²) in [6.07, 6.45) is 6.56. The molecule has 4 heteroatoms. The number of hydrogen-bond acceptors (Lipinski definition) is 3. The van der Waals surface area contributed by atoms with Crippen molar-refractivity contribution in [3.8, 4) is 5.75 Å². The van der Waals surface area contributed by atoms with Gasteiger partial charge >= 0.3 is 0 Å². The number of benzene rings is 1. The zero-order valence-corrected chi connectivity index (χ0v) is 14.4. The molecule has 2 aliphatic rings. The topological polar surface area (TPSA) is 24.5 Å². The molecule has 0 amide bonds. The summed E-state index contributed by atoms with van der Waals surface area (Å²) in [5.41, 5.74) is 1.38. The van der Waals surface area contributed by atoms with Gasteiger partial charge in [-0.3, -0.25) is 4.90 Å². The van der Waals surface area contributed by atoms with Crippen LogP contribution in [0.15, 0.2) is 24.3 Å². The molecule has 1 atom stereocenters. The molecule has 1 heterocycles. The number of ether oxygens (including phenoxy) is 1. The molecule has 0 radical (unpaired) electrons. The molecule has 1 saturated carbocycles. The molecule has 124 valence electrons. The highest BCUT2D eigenvalue weighted by molar-refractivity contribution is 5.85. The van der Waals surface area contributed by atoms with Crippen molar-refractivity contribution in [2.24, 2.45) is 5.92 Å². The molecule has 22 heavy (non-hydrogen) atoms. The van der Waals surface area contributed by atoms with Crippen molar-refractivity contribution in [1.29, 1.82) is 0 Å². The van der Waals surface area contributed by atoms with Crippen LogP contribution in [0.3, 0.4) is 0 Å². The number of hydrogen-bond donors (Lipinski definition) is 1. The summed E-state index contributed by atoms with van der Waals surface area (Å²) in [6.45, 7) is 4.27. The second kappa shape index (κ2) is 8.76. The van der Waals surface area contributed by atoms with Gasteiger partial charge in [0.15, 0.2) is 0 Å². The fraction of sp³-hybridized carbons (Fsp3) is 0.667. The van der Waals surface area contributed by atoms with Crippen LogP contribution in [0.4, 0.5) is 0 Å². The lowest BCUT2D eigenvalue weighted by molar-refractivity contribution is 0.216. The second-order valence-electron chi connectivity index (χ2n) is 6.65. The predicted octanol–water partition coefficient (Wildman–Crippen LogP) is 3.47. The normalized spacial score (nSPS) is 22.0. The van der Waals surface area contributed by atoms with Gasteiger partial charge in [-0.05, 0) is 75.9 Å². The fourth-order valence-electron chi connectivity index (χ4n) is 3.05. The first-order valence-electron chi connectivity index (χ1n) is 8.44. The first-order valence-corrected chi connectivity index (χ1v) is 8.44. The predicted molar refractivity (Wildman–Crippen MR) is 93.9 cm³/mol. The maximum Gasteiger partial charge on any atom is 0.119 e. The van der Waals surface area contributed by atoms with Crippen LogP contribution in [0.1, 0.15) is 37.7 Å². The highest BCUT2D eigenvalue weighted by Gasteiger charge is 2.22. The molecule has 0 aromatic heterocycles. The van der Waals surface area contributed by atoms with Gasteiger partial charge in [-0.2, -0.15) is 0 Å². The Kier molecular flexibility index (Phi) is 7.00. The van der Waals surface area contributed by atoms with Crippen LogP contribution in [-0.4, -0.2) is 37.7 Å². The minimum Gasteiger partial charge on any atom is -0.493 e. The summed E-state index contributed by atoms with van der Waals surface area (Å²) in [5, 5.41) is 3.49. The average Bonchev–Trinajstić information content (AvgIpc) is 3.33. The van der Waals surface area contributed by atoms with E-state index < -0.39 is 0 Å². The maximum absolute atomic E-state index is 5.80. The van der Waals surface area contributed by atoms with E-state index in [0.717, 1.165) is 31.4 Å². The van der Waals surface area contributed by atoms with Crippen LogP contribution in [-0.2, 0) is 6.54 Å². The first-order chi connectivity index (χ1) is 10.3. The SMILES string of the molecule is CN(Cc1ccc(OCC2CC2)cc1)C1CCCNCC1.Cl. The van der Waals surface area contributed by atoms with E-state index in [9.17, 15) is 0 Å². The third kappa shape index (κ3) is 5.45. The van der Waals surface area contributed by atoms with Crippen molar-refractivity contribution in [1.82, 2.24) is 10.2 Å². The Morgan fingerprint density at radius 2 is 1.86 bits per heavy atom. The zero-order chi connectivity index (χ0) is 14.5. The van der Waals surface area contributed by atoms with E-state index in [1.807, 2.05) is 0 Å². The highest BCUT2D eigenvalue weighted by Crippen LogP contribution is 2.29. The van der Waals surface area contributed by atoms with Crippen molar-refractivity contribution in [3.05, 3.63) is 29.8 Å². The molecule has 1 aromatic carbocycles. The molecule has 1 saturated heterocycles. The third-order valence-corrected chi connectivity index (χ3v) is 4.71. The van der Waals surface area contributed by atoms with Gasteiger partial charge in [0.1, 0.15) is 5.75 Å². The Morgan fingerprint density at radius 1 is 1.09 bits per heavy atom. The van der Waals surface area contributed by atoms with Crippen LogP contribution < -0.4 is 10.1 Å². The van der Waals surface area contributed by atoms with E-state index in [0.29, 0.717) is 6.04 Å². The van der Waals surface area contributed by atoms with Crippen LogP contribution in [0.2, 0.25) is 0 Å². The monoisotopic (exact) mass is 324 g/mol. The minimum atomic E-state index is 0. The number of rotatable bonds is 6. The summed E-state index contributed by atoms with van der Waals surface area (Å²) in [6, 6.07) is 9.40. The quantitative estimate of drug-likeness (QED) is 0.867. The van der Waals surface area contributed by atoms with Crippen LogP contribution in [0.25, 0.3) is 0 Å². The smallest absolute Gasteiger partial charge is 0.119 e. The largest absolute Gasteiger partial charge is 0.493 e. The standard InChI is InChI=1S/C18H28N2O.ClH/c1-20(17-3-2-11-19-12-10-17)13-15-6-8-18(9-7-15)21-14-16-4-5-16;/h6-9,16-17,19H,2-5,10-14H2,1H3;1H. The lowest BCUT2D eigenvalue weighted by Gasteiger charge is -2.26. The number of halogens is 1. The lowest BCUT2D eigenvalue weighted by atomic mass is 10.1. The Morgan fingerprint density at radius 3 is 2.59 bits per heavy atom. The second-order valence-corrected chi connectivity index (χ2v) is 6.65. The Labute approximate surface area is 140 Å². The van der Waals surface area contributed by atoms with Crippen molar-refractivity contribution in [2.75, 3.05) is 26.7 Å². The van der Waals surface area contributed by atoms with Gasteiger partial charge in [-0.25, -0.2) is 0 Å². The highest BCUT2D eigenvalue weighted by atomic mass is 35.5. The van der Waals surface area contributed by atoms with Gasteiger partial charge in [-0.1, -0.05) is 12.1 Å². The molecule has 3 nitrogen and oxygen atoms in total. The van der Waals surface area contributed by atoms with E-state index in [-0.39, 0.29) is 12.4 Å². The summed E-state index contributed by atoms with van der Waals surface area (Å²) in [5.74, 6) is 1.84. The average molecular weight is 325 g/mol. The van der Waals surface area contributed by atoms with Gasteiger partial charge in [0.05, 0.1) is 6.61 Å². The molecule has 1 aliphatic heterocycles. The summed E-state index contributed by atoms with van der Waals surface area (Å²) in [4.78, 5) is 2.51. The lowest BCUT2D eigenvalue weighted by Crippen LogP contribution is -2.31. The van der Waals surface area contributed by atoms with E-state index in [1.54, 1.807) is 0 Å². The molecule has 2 fully saturated rings. The summed E-state index contributed by atoms with van der Waals surface area (Å²) >= 11 is 0. The van der Waals surface area contributed by atoms with Crippen LogP contribution >= 0.6 is 12.4 Å². The van der Waals surface area contributed by atoms with E-state index in [1.165, 1.54) is 44.2 Å². The van der Waals surface area contributed by atoms with Gasteiger partial charge in [-0.15, -0.1) is 12.4 Å². The molecular weight excluding hydrogens is 296 g/mol. The van der Waals surface area contributed by atoms with E-state index >= 15 is 0 Å². The van der Waals surface area contributed by atoms with Crippen molar-refractivity contribution in [3.63, 3.8) is 0 Å². The molecule has 1 aromatic rings. The van der Waals surface area contributed by atoms with E-state index in [4.69, 9.17) is 4.74 Å². The molecule has 0 spiro atoms. The summed E-state index contributed by atoms with van der Waals surface area (Å²) < 4.78 is 5.80. The Balaban J connectivity index is 0.00000176. The molecule has 0 bridgehead atoms. The Bertz CT molecular complexity index is 425. The van der Waals surface area contributed by atoms with Crippen molar-refractivity contribution >= 4 is 12.4 Å². The molecule has 3 rings (SSSR count). The number of nitrogens with one attached hydrogen (secondary N) is 1. The summed E-state index contributed by atoms with van der Waals surface area (Å²) in [7, 11) is 2.26. The van der Waals surface area contributed by atoms with Gasteiger partial charge in [0.25, 0.3) is 0 Å². The maximum atomic E-state index is 5.80. The minimum absolute atomic E-state index is 0. The fourth-order valence-corrected chi connectivity index (χ4v) is 3.05. The van der Waals surface area contributed by atoms with Gasteiger partial charge in [0, 0.05) is 12.6 Å². The van der Waals surface area contributed by atoms with Gasteiger partial charge in [0.2, 0.25) is 0 Å². The number of nitrogens with zero attached hydrogens (tertiary/aromatic N) is 1. The van der Waals surface area contributed by atoms with Crippen LogP contribution in [0.5, 0.6) is 5.75 Å². The Hall–Kier alpha value is -0.770.